The fraction of sp³-hybridized carbons (Fsp3) is 0.188. The molecule has 0 aliphatic carbocycles. The van der Waals surface area contributed by atoms with Crippen LogP contribution in [0.4, 0.5) is 0 Å². The lowest BCUT2D eigenvalue weighted by Crippen LogP contribution is -2.20. The molecule has 4 nitrogen and oxygen atoms in total. The molecule has 0 fully saturated rings. The van der Waals surface area contributed by atoms with Crippen LogP contribution in [-0.4, -0.2) is 26.2 Å². The van der Waals surface area contributed by atoms with Crippen LogP contribution in [0.1, 0.15) is 5.56 Å². The second-order valence-corrected chi connectivity index (χ2v) is 3.88. The fourth-order valence-corrected chi connectivity index (χ4v) is 1.46. The highest BCUT2D eigenvalue weighted by Gasteiger charge is 2.04. The van der Waals surface area contributed by atoms with Crippen molar-refractivity contribution in [3.63, 3.8) is 0 Å². The van der Waals surface area contributed by atoms with Crippen LogP contribution in [0.15, 0.2) is 49.6 Å². The molecule has 1 aromatic rings. The first kappa shape index (κ1) is 15.6. The molecule has 20 heavy (non-hydrogen) atoms. The summed E-state index contributed by atoms with van der Waals surface area (Å²) in [6.07, 6.45) is 6.46. The molecule has 0 saturated heterocycles. The Balaban J connectivity index is 2.76. The summed E-state index contributed by atoms with van der Waals surface area (Å²) in [6, 6.07) is 5.44. The van der Waals surface area contributed by atoms with Gasteiger partial charge in [0, 0.05) is 12.6 Å². The molecular weight excluding hydrogens is 254 g/mol. The van der Waals surface area contributed by atoms with Crippen molar-refractivity contribution in [3.05, 3.63) is 55.1 Å². The van der Waals surface area contributed by atoms with Crippen molar-refractivity contribution < 1.29 is 14.3 Å². The van der Waals surface area contributed by atoms with E-state index in [9.17, 15) is 4.79 Å². The SMILES string of the molecule is C=CCNC(=O)C=Cc1ccc(OCC=C)c(OC)c1. The summed E-state index contributed by atoms with van der Waals surface area (Å²) < 4.78 is 10.7. The average molecular weight is 273 g/mol. The third-order valence-corrected chi connectivity index (χ3v) is 2.39. The number of amides is 1. The molecule has 0 heterocycles. The maximum absolute atomic E-state index is 11.4. The van der Waals surface area contributed by atoms with E-state index in [1.807, 2.05) is 6.07 Å². The molecule has 0 saturated carbocycles. The molecule has 106 valence electrons. The Bertz CT molecular complexity index is 506. The molecule has 1 amide bonds. The monoisotopic (exact) mass is 273 g/mol. The molecule has 0 spiro atoms. The van der Waals surface area contributed by atoms with E-state index in [1.54, 1.807) is 37.5 Å². The molecule has 0 radical (unpaired) electrons. The third-order valence-electron chi connectivity index (χ3n) is 2.39. The van der Waals surface area contributed by atoms with Gasteiger partial charge in [0.25, 0.3) is 0 Å². The number of ether oxygens (including phenoxy) is 2. The standard InChI is InChI=1S/C16H19NO3/c1-4-10-17-16(18)9-7-13-6-8-14(20-11-5-2)15(12-13)19-3/h4-9,12H,1-2,10-11H2,3H3,(H,17,18). The van der Waals surface area contributed by atoms with Crippen LogP contribution in [0.3, 0.4) is 0 Å². The van der Waals surface area contributed by atoms with Crippen LogP contribution in [-0.2, 0) is 4.79 Å². The Hall–Kier alpha value is -2.49. The van der Waals surface area contributed by atoms with Gasteiger partial charge in [-0.1, -0.05) is 24.8 Å². The first-order valence-corrected chi connectivity index (χ1v) is 6.19. The number of methoxy groups -OCH3 is 1. The molecular formula is C16H19NO3. The second-order valence-electron chi connectivity index (χ2n) is 3.88. The lowest BCUT2D eigenvalue weighted by Gasteiger charge is -2.09. The Labute approximate surface area is 119 Å². The van der Waals surface area contributed by atoms with Crippen LogP contribution in [0, 0.1) is 0 Å². The molecule has 4 heteroatoms. The van der Waals surface area contributed by atoms with Crippen molar-refractivity contribution in [1.29, 1.82) is 0 Å². The average Bonchev–Trinajstić information content (AvgIpc) is 2.49. The van der Waals surface area contributed by atoms with Crippen molar-refractivity contribution in [2.24, 2.45) is 0 Å². The highest BCUT2D eigenvalue weighted by atomic mass is 16.5. The van der Waals surface area contributed by atoms with E-state index in [2.05, 4.69) is 18.5 Å². The van der Waals surface area contributed by atoms with E-state index in [0.717, 1.165) is 5.56 Å². The molecule has 1 N–H and O–H groups in total. The van der Waals surface area contributed by atoms with Gasteiger partial charge in [-0.2, -0.15) is 0 Å². The van der Waals surface area contributed by atoms with Crippen molar-refractivity contribution >= 4 is 12.0 Å². The number of carbonyl (C=O) groups is 1. The Kier molecular flexibility index (Phi) is 6.68. The van der Waals surface area contributed by atoms with E-state index < -0.39 is 0 Å². The lowest BCUT2D eigenvalue weighted by molar-refractivity contribution is -0.116. The molecule has 0 atom stereocenters. The van der Waals surface area contributed by atoms with Gasteiger partial charge in [-0.25, -0.2) is 0 Å². The summed E-state index contributed by atoms with van der Waals surface area (Å²) in [5.41, 5.74) is 0.849. The number of carbonyl (C=O) groups excluding carboxylic acids is 1. The van der Waals surface area contributed by atoms with Gasteiger partial charge in [0.1, 0.15) is 6.61 Å². The molecule has 0 bridgehead atoms. The van der Waals surface area contributed by atoms with E-state index in [0.29, 0.717) is 24.7 Å². The Morgan fingerprint density at radius 3 is 2.75 bits per heavy atom. The summed E-state index contributed by atoms with van der Waals surface area (Å²) in [7, 11) is 1.57. The van der Waals surface area contributed by atoms with Crippen LogP contribution >= 0.6 is 0 Å². The number of nitrogens with one attached hydrogen (secondary N) is 1. The minimum Gasteiger partial charge on any atom is -0.493 e. The minimum atomic E-state index is -0.171. The highest BCUT2D eigenvalue weighted by Crippen LogP contribution is 2.28. The van der Waals surface area contributed by atoms with Gasteiger partial charge in [0.2, 0.25) is 5.91 Å². The van der Waals surface area contributed by atoms with E-state index in [1.165, 1.54) is 6.08 Å². The summed E-state index contributed by atoms with van der Waals surface area (Å²) in [4.78, 5) is 11.4. The zero-order chi connectivity index (χ0) is 14.8. The number of hydrogen-bond acceptors (Lipinski definition) is 3. The molecule has 1 aromatic carbocycles. The van der Waals surface area contributed by atoms with Gasteiger partial charge >= 0.3 is 0 Å². The summed E-state index contributed by atoms with van der Waals surface area (Å²) in [5.74, 6) is 1.08. The zero-order valence-electron chi connectivity index (χ0n) is 11.6. The van der Waals surface area contributed by atoms with Crippen LogP contribution in [0.25, 0.3) is 6.08 Å². The first-order valence-electron chi connectivity index (χ1n) is 6.19. The van der Waals surface area contributed by atoms with E-state index in [4.69, 9.17) is 9.47 Å². The van der Waals surface area contributed by atoms with Crippen molar-refractivity contribution in [2.45, 2.75) is 0 Å². The largest absolute Gasteiger partial charge is 0.493 e. The lowest BCUT2D eigenvalue weighted by atomic mass is 10.2. The second kappa shape index (κ2) is 8.58. The topological polar surface area (TPSA) is 47.6 Å². The van der Waals surface area contributed by atoms with Crippen molar-refractivity contribution in [2.75, 3.05) is 20.3 Å². The number of rotatable bonds is 8. The van der Waals surface area contributed by atoms with Crippen LogP contribution in [0.5, 0.6) is 11.5 Å². The Morgan fingerprint density at radius 2 is 2.10 bits per heavy atom. The van der Waals surface area contributed by atoms with Crippen molar-refractivity contribution in [1.82, 2.24) is 5.32 Å². The molecule has 1 rings (SSSR count). The van der Waals surface area contributed by atoms with Crippen LogP contribution < -0.4 is 14.8 Å². The van der Waals surface area contributed by atoms with E-state index in [-0.39, 0.29) is 5.91 Å². The minimum absolute atomic E-state index is 0.171. The van der Waals surface area contributed by atoms with Gasteiger partial charge < -0.3 is 14.8 Å². The predicted molar refractivity (Wildman–Crippen MR) is 80.9 cm³/mol. The van der Waals surface area contributed by atoms with E-state index >= 15 is 0 Å². The maximum Gasteiger partial charge on any atom is 0.244 e. The van der Waals surface area contributed by atoms with Crippen molar-refractivity contribution in [3.8, 4) is 11.5 Å². The first-order chi connectivity index (χ1) is 9.71. The van der Waals surface area contributed by atoms with Crippen LogP contribution in [0.2, 0.25) is 0 Å². The quantitative estimate of drug-likeness (QED) is 0.585. The fourth-order valence-electron chi connectivity index (χ4n) is 1.46. The van der Waals surface area contributed by atoms with Gasteiger partial charge in [-0.3, -0.25) is 4.79 Å². The van der Waals surface area contributed by atoms with Gasteiger partial charge in [0.05, 0.1) is 7.11 Å². The smallest absolute Gasteiger partial charge is 0.244 e. The molecule has 0 aliphatic rings. The predicted octanol–water partition coefficient (Wildman–Crippen LogP) is 2.58. The molecule has 0 aromatic heterocycles. The zero-order valence-corrected chi connectivity index (χ0v) is 11.6. The number of hydrogen-bond donors (Lipinski definition) is 1. The highest BCUT2D eigenvalue weighted by molar-refractivity contribution is 5.91. The maximum atomic E-state index is 11.4. The summed E-state index contributed by atoms with van der Waals surface area (Å²) in [5, 5.41) is 2.66. The van der Waals surface area contributed by atoms with Gasteiger partial charge in [-0.05, 0) is 23.8 Å². The normalized spacial score (nSPS) is 10.1. The molecule has 0 unspecified atom stereocenters. The Morgan fingerprint density at radius 1 is 1.30 bits per heavy atom. The number of benzene rings is 1. The van der Waals surface area contributed by atoms with Gasteiger partial charge in [-0.15, -0.1) is 6.58 Å². The summed E-state index contributed by atoms with van der Waals surface area (Å²) in [6.45, 7) is 7.98. The summed E-state index contributed by atoms with van der Waals surface area (Å²) >= 11 is 0. The van der Waals surface area contributed by atoms with Gasteiger partial charge in [0.15, 0.2) is 11.5 Å². The third kappa shape index (κ3) is 5.02. The molecule has 0 aliphatic heterocycles.